The highest BCUT2D eigenvalue weighted by Crippen LogP contribution is 2.40. The molecule has 2 saturated heterocycles. The first-order chi connectivity index (χ1) is 19.5. The van der Waals surface area contributed by atoms with Gasteiger partial charge in [0.15, 0.2) is 6.10 Å². The van der Waals surface area contributed by atoms with Gasteiger partial charge in [-0.1, -0.05) is 78.9 Å². The molecule has 0 radical (unpaired) electrons. The van der Waals surface area contributed by atoms with E-state index in [0.717, 1.165) is 17.5 Å². The first-order valence-electron chi connectivity index (χ1n) is 13.2. The second-order valence-electron chi connectivity index (χ2n) is 9.92. The Kier molecular flexibility index (Phi) is 7.32. The van der Waals surface area contributed by atoms with Gasteiger partial charge in [0, 0.05) is 17.7 Å². The van der Waals surface area contributed by atoms with Gasteiger partial charge in [0.25, 0.3) is 11.8 Å². The summed E-state index contributed by atoms with van der Waals surface area (Å²) in [6.07, 6.45) is 0.312. The Bertz CT molecular complexity index is 1430. The summed E-state index contributed by atoms with van der Waals surface area (Å²) in [5, 5.41) is 1.84. The Morgan fingerprint density at radius 2 is 1.52 bits per heavy atom. The van der Waals surface area contributed by atoms with E-state index in [1.54, 1.807) is 30.3 Å². The van der Waals surface area contributed by atoms with Crippen LogP contribution in [0, 0.1) is 0 Å². The average molecular weight is 557 g/mol. The molecule has 1 N–H and O–H groups in total. The third kappa shape index (κ3) is 4.87. The molecule has 204 valence electrons. The molecule has 2 amide bonds. The predicted molar refractivity (Wildman–Crippen MR) is 148 cm³/mol. The minimum absolute atomic E-state index is 0.0581. The summed E-state index contributed by atoms with van der Waals surface area (Å²) in [5.74, 6) is -1.57. The zero-order valence-corrected chi connectivity index (χ0v) is 22.4. The number of amides is 2. The number of hydrogen-bond donors (Lipinski definition) is 1. The largest absolute Gasteiger partial charge is 0.448 e. The highest BCUT2D eigenvalue weighted by Gasteiger charge is 2.58. The fraction of sp³-hybridized carbons (Fsp3) is 0.258. The number of hydrogen-bond acceptors (Lipinski definition) is 6. The summed E-state index contributed by atoms with van der Waals surface area (Å²) in [6.45, 7) is 0.521. The smallest absolute Gasteiger partial charge is 0.356 e. The second-order valence-corrected chi connectivity index (χ2v) is 11.5. The lowest BCUT2D eigenvalue weighted by molar-refractivity contribution is -0.154. The number of esters is 1. The number of β-lactam (4-membered cyclic amide) rings is 1. The molecule has 3 heterocycles. The van der Waals surface area contributed by atoms with E-state index in [9.17, 15) is 18.6 Å². The molecule has 3 aromatic carbocycles. The number of nitrogens with zero attached hydrogens (tertiary/aromatic N) is 1. The molecule has 4 atom stereocenters. The number of nitrogens with one attached hydrogen (secondary N) is 1. The quantitative estimate of drug-likeness (QED) is 0.353. The lowest BCUT2D eigenvalue weighted by Crippen LogP contribution is -2.74. The number of carbonyl (C=O) groups excluding carboxylic acids is 3. The summed E-state index contributed by atoms with van der Waals surface area (Å²) in [4.78, 5) is 41.6. The Morgan fingerprint density at radius 1 is 0.925 bits per heavy atom. The molecule has 0 aliphatic carbocycles. The van der Waals surface area contributed by atoms with Gasteiger partial charge in [-0.15, -0.1) is 0 Å². The van der Waals surface area contributed by atoms with Crippen molar-refractivity contribution < 1.29 is 28.1 Å². The number of rotatable bonds is 7. The fourth-order valence-electron chi connectivity index (χ4n) is 5.45. The molecule has 6 rings (SSSR count). The average Bonchev–Trinajstić information content (AvgIpc) is 3.54. The molecule has 0 spiro atoms. The van der Waals surface area contributed by atoms with Gasteiger partial charge in [-0.25, -0.2) is 4.79 Å². The van der Waals surface area contributed by atoms with Crippen LogP contribution in [0.25, 0.3) is 0 Å². The summed E-state index contributed by atoms with van der Waals surface area (Å²) in [7, 11) is -1.56. The van der Waals surface area contributed by atoms with Crippen LogP contribution in [0.5, 0.6) is 0 Å². The van der Waals surface area contributed by atoms with Crippen molar-refractivity contribution in [2.24, 2.45) is 0 Å². The van der Waals surface area contributed by atoms with Crippen LogP contribution in [0.4, 0.5) is 0 Å². The standard InChI is InChI=1S/C31H28N2O6S/c34-28(22-15-8-3-9-16-22)32-25-29(35)33-26(23(19-40(37)30(25)33)24-17-10-18-38-24)31(36)39-27(20-11-4-1-5-12-20)21-13-6-2-7-14-21/h1-9,11-16,24-25,27,30H,10,17-19H2,(H,32,34)/t24?,25-,30?,40?/m1/s1. The van der Waals surface area contributed by atoms with Crippen molar-refractivity contribution in [1.29, 1.82) is 0 Å². The van der Waals surface area contributed by atoms with Crippen LogP contribution in [-0.4, -0.2) is 56.8 Å². The minimum atomic E-state index is -1.56. The van der Waals surface area contributed by atoms with Crippen LogP contribution in [0.1, 0.15) is 40.4 Å². The summed E-state index contributed by atoms with van der Waals surface area (Å²) in [5.41, 5.74) is 2.53. The van der Waals surface area contributed by atoms with Crippen LogP contribution in [0.15, 0.2) is 102 Å². The van der Waals surface area contributed by atoms with E-state index >= 15 is 0 Å². The molecular weight excluding hydrogens is 528 g/mol. The van der Waals surface area contributed by atoms with Gasteiger partial charge in [0.2, 0.25) is 0 Å². The van der Waals surface area contributed by atoms with E-state index in [0.29, 0.717) is 24.2 Å². The lowest BCUT2D eigenvalue weighted by Gasteiger charge is -2.49. The Balaban J connectivity index is 1.33. The minimum Gasteiger partial charge on any atom is -0.448 e. The zero-order chi connectivity index (χ0) is 27.6. The van der Waals surface area contributed by atoms with Gasteiger partial charge in [-0.2, -0.15) is 0 Å². The molecule has 8 nitrogen and oxygen atoms in total. The summed E-state index contributed by atoms with van der Waals surface area (Å²) in [6, 6.07) is 26.3. The highest BCUT2D eigenvalue weighted by atomic mass is 32.2. The van der Waals surface area contributed by atoms with Crippen LogP contribution in [-0.2, 0) is 29.9 Å². The van der Waals surface area contributed by atoms with Crippen molar-refractivity contribution in [3.63, 3.8) is 0 Å². The van der Waals surface area contributed by atoms with Crippen molar-refractivity contribution in [2.75, 3.05) is 12.4 Å². The molecular formula is C31H28N2O6S. The number of fused-ring (bicyclic) bond motifs is 1. The second kappa shape index (κ2) is 11.2. The van der Waals surface area contributed by atoms with Gasteiger partial charge in [0.1, 0.15) is 17.1 Å². The molecule has 0 bridgehead atoms. The predicted octanol–water partition coefficient (Wildman–Crippen LogP) is 3.48. The van der Waals surface area contributed by atoms with Crippen molar-refractivity contribution in [1.82, 2.24) is 10.2 Å². The van der Waals surface area contributed by atoms with Gasteiger partial charge in [0.05, 0.1) is 22.7 Å². The first-order valence-corrected chi connectivity index (χ1v) is 14.6. The summed E-state index contributed by atoms with van der Waals surface area (Å²) < 4.78 is 25.5. The molecule has 40 heavy (non-hydrogen) atoms. The van der Waals surface area contributed by atoms with E-state index in [-0.39, 0.29) is 11.4 Å². The van der Waals surface area contributed by atoms with E-state index in [1.165, 1.54) is 4.90 Å². The molecule has 0 aromatic heterocycles. The van der Waals surface area contributed by atoms with Crippen molar-refractivity contribution in [3.8, 4) is 0 Å². The Morgan fingerprint density at radius 3 is 2.10 bits per heavy atom. The highest BCUT2D eigenvalue weighted by molar-refractivity contribution is 7.86. The molecule has 3 aliphatic rings. The first kappa shape index (κ1) is 26.2. The topological polar surface area (TPSA) is 102 Å². The van der Waals surface area contributed by atoms with Gasteiger partial charge >= 0.3 is 5.97 Å². The Labute approximate surface area is 234 Å². The van der Waals surface area contributed by atoms with Gasteiger partial charge in [-0.3, -0.25) is 18.7 Å². The monoisotopic (exact) mass is 556 g/mol. The van der Waals surface area contributed by atoms with Crippen LogP contribution >= 0.6 is 0 Å². The maximum absolute atomic E-state index is 14.0. The molecule has 3 aromatic rings. The number of ether oxygens (including phenoxy) is 2. The number of benzene rings is 3. The van der Waals surface area contributed by atoms with Gasteiger partial charge in [-0.05, 0) is 36.1 Å². The summed E-state index contributed by atoms with van der Waals surface area (Å²) >= 11 is 0. The maximum atomic E-state index is 14.0. The third-order valence-corrected chi connectivity index (χ3v) is 9.04. The fourth-order valence-corrected chi connectivity index (χ4v) is 7.19. The van der Waals surface area contributed by atoms with E-state index in [1.807, 2.05) is 60.7 Å². The zero-order valence-electron chi connectivity index (χ0n) is 21.6. The van der Waals surface area contributed by atoms with E-state index in [2.05, 4.69) is 5.32 Å². The SMILES string of the molecule is O=C(OC(c1ccccc1)c1ccccc1)C1=C(C2CCCO2)CS(=O)C2[C@H](NC(=O)c3ccccc3)C(=O)N12. The third-order valence-electron chi connectivity index (χ3n) is 7.42. The van der Waals surface area contributed by atoms with Gasteiger partial charge < -0.3 is 14.8 Å². The van der Waals surface area contributed by atoms with Crippen molar-refractivity contribution in [2.45, 2.75) is 36.5 Å². The van der Waals surface area contributed by atoms with Crippen LogP contribution < -0.4 is 5.32 Å². The maximum Gasteiger partial charge on any atom is 0.356 e. The van der Waals surface area contributed by atoms with Crippen LogP contribution in [0.2, 0.25) is 0 Å². The molecule has 2 fully saturated rings. The van der Waals surface area contributed by atoms with Crippen LogP contribution in [0.3, 0.4) is 0 Å². The van der Waals surface area contributed by atoms with E-state index in [4.69, 9.17) is 9.47 Å². The molecule has 9 heteroatoms. The molecule has 3 unspecified atom stereocenters. The van der Waals surface area contributed by atoms with Crippen molar-refractivity contribution >= 4 is 28.6 Å². The Hall–Kier alpha value is -4.08. The lowest BCUT2D eigenvalue weighted by atomic mass is 9.98. The molecule has 0 saturated carbocycles. The van der Waals surface area contributed by atoms with E-state index < -0.39 is 52.2 Å². The van der Waals surface area contributed by atoms with Crippen molar-refractivity contribution in [3.05, 3.63) is 119 Å². The number of carbonyl (C=O) groups is 3. The molecule has 3 aliphatic heterocycles. The normalized spacial score (nSPS) is 23.9.